The van der Waals surface area contributed by atoms with Crippen LogP contribution in [0.1, 0.15) is 18.5 Å². The number of amides is 1. The molecule has 138 valence electrons. The Balaban J connectivity index is 1.63. The lowest BCUT2D eigenvalue weighted by Gasteiger charge is -2.32. The number of hydrogen-bond donors (Lipinski definition) is 0. The van der Waals surface area contributed by atoms with Gasteiger partial charge in [0.15, 0.2) is 0 Å². The second-order valence-electron chi connectivity index (χ2n) is 7.24. The predicted octanol–water partition coefficient (Wildman–Crippen LogP) is 1.10. The second-order valence-corrected chi connectivity index (χ2v) is 7.24. The third-order valence-electron chi connectivity index (χ3n) is 4.73. The van der Waals surface area contributed by atoms with Gasteiger partial charge in [-0.05, 0) is 39.1 Å². The van der Waals surface area contributed by atoms with Crippen LogP contribution in [0.25, 0.3) is 0 Å². The average Bonchev–Trinajstić information content (AvgIpc) is 2.81. The van der Waals surface area contributed by atoms with Gasteiger partial charge in [0.2, 0.25) is 5.91 Å². The van der Waals surface area contributed by atoms with Crippen molar-refractivity contribution in [3.8, 4) is 0 Å². The highest BCUT2D eigenvalue weighted by atomic mass is 19.1. The highest BCUT2D eigenvalue weighted by Crippen LogP contribution is 2.33. The number of pyridine rings is 1. The smallest absolute Gasteiger partial charge is 0.228 e. The minimum Gasteiger partial charge on any atom is -0.377 e. The van der Waals surface area contributed by atoms with Crippen molar-refractivity contribution in [2.75, 3.05) is 46.9 Å². The summed E-state index contributed by atoms with van der Waals surface area (Å²) in [6, 6.07) is 2.88. The standard InChI is InChI=1S/C18H26FN3O3/c1-21(2)11-16-5-6-18(25-16)12-22(7-8-24-13-18)17(23)9-15-4-3-14(19)10-20-15/h3-4,10,16H,5-9,11-13H2,1-2H3/t16?,18-/m0/s1. The molecule has 0 aromatic carbocycles. The zero-order chi connectivity index (χ0) is 17.9. The maximum absolute atomic E-state index is 13.0. The van der Waals surface area contributed by atoms with Crippen molar-refractivity contribution in [1.29, 1.82) is 0 Å². The monoisotopic (exact) mass is 351 g/mol. The number of likely N-dealkylation sites (N-methyl/N-ethyl adjacent to an activating group) is 1. The summed E-state index contributed by atoms with van der Waals surface area (Å²) in [6.07, 6.45) is 3.35. The molecule has 6 nitrogen and oxygen atoms in total. The summed E-state index contributed by atoms with van der Waals surface area (Å²) in [5, 5.41) is 0. The van der Waals surface area contributed by atoms with Gasteiger partial charge in [-0.15, -0.1) is 0 Å². The van der Waals surface area contributed by atoms with Crippen LogP contribution in [-0.2, 0) is 20.7 Å². The maximum atomic E-state index is 13.0. The number of aromatic nitrogens is 1. The Morgan fingerprint density at radius 3 is 3.04 bits per heavy atom. The summed E-state index contributed by atoms with van der Waals surface area (Å²) < 4.78 is 25.0. The molecule has 0 radical (unpaired) electrons. The van der Waals surface area contributed by atoms with Crippen LogP contribution in [0.2, 0.25) is 0 Å². The molecule has 1 unspecified atom stereocenters. The summed E-state index contributed by atoms with van der Waals surface area (Å²) in [4.78, 5) is 20.6. The topological polar surface area (TPSA) is 54.9 Å². The van der Waals surface area contributed by atoms with E-state index in [0.29, 0.717) is 32.0 Å². The molecule has 0 saturated carbocycles. The van der Waals surface area contributed by atoms with E-state index in [0.717, 1.165) is 25.6 Å². The summed E-state index contributed by atoms with van der Waals surface area (Å²) in [6.45, 7) is 2.98. The van der Waals surface area contributed by atoms with Crippen molar-refractivity contribution in [3.63, 3.8) is 0 Å². The predicted molar refractivity (Wildman–Crippen MR) is 90.7 cm³/mol. The number of carbonyl (C=O) groups is 1. The molecular formula is C18H26FN3O3. The van der Waals surface area contributed by atoms with Crippen molar-refractivity contribution >= 4 is 5.91 Å². The van der Waals surface area contributed by atoms with E-state index >= 15 is 0 Å². The van der Waals surface area contributed by atoms with E-state index in [1.54, 1.807) is 11.0 Å². The molecule has 25 heavy (non-hydrogen) atoms. The van der Waals surface area contributed by atoms with Gasteiger partial charge in [0.05, 0.1) is 38.5 Å². The fourth-order valence-electron chi connectivity index (χ4n) is 3.55. The van der Waals surface area contributed by atoms with Crippen LogP contribution in [0.4, 0.5) is 4.39 Å². The minimum absolute atomic E-state index is 0.0244. The van der Waals surface area contributed by atoms with Gasteiger partial charge in [0, 0.05) is 18.8 Å². The molecule has 2 aliphatic rings. The van der Waals surface area contributed by atoms with Crippen LogP contribution in [0.5, 0.6) is 0 Å². The van der Waals surface area contributed by atoms with Gasteiger partial charge >= 0.3 is 0 Å². The van der Waals surface area contributed by atoms with Crippen molar-refractivity contribution in [1.82, 2.24) is 14.8 Å². The molecule has 2 aliphatic heterocycles. The van der Waals surface area contributed by atoms with Crippen LogP contribution < -0.4 is 0 Å². The zero-order valence-corrected chi connectivity index (χ0v) is 14.9. The van der Waals surface area contributed by atoms with Crippen LogP contribution in [0.15, 0.2) is 18.3 Å². The maximum Gasteiger partial charge on any atom is 0.228 e. The molecule has 0 aliphatic carbocycles. The molecule has 1 aromatic rings. The lowest BCUT2D eigenvalue weighted by Crippen LogP contribution is -2.47. The number of halogens is 1. The number of nitrogens with zero attached hydrogens (tertiary/aromatic N) is 3. The van der Waals surface area contributed by atoms with Gasteiger partial charge in [-0.2, -0.15) is 0 Å². The first-order chi connectivity index (χ1) is 12.0. The highest BCUT2D eigenvalue weighted by Gasteiger charge is 2.44. The van der Waals surface area contributed by atoms with Crippen LogP contribution in [0.3, 0.4) is 0 Å². The molecule has 3 heterocycles. The Morgan fingerprint density at radius 1 is 1.48 bits per heavy atom. The molecule has 3 rings (SSSR count). The molecule has 2 saturated heterocycles. The molecule has 0 N–H and O–H groups in total. The van der Waals surface area contributed by atoms with Crippen LogP contribution in [0, 0.1) is 5.82 Å². The van der Waals surface area contributed by atoms with E-state index in [1.807, 2.05) is 14.1 Å². The minimum atomic E-state index is -0.414. The van der Waals surface area contributed by atoms with Crippen LogP contribution >= 0.6 is 0 Å². The van der Waals surface area contributed by atoms with Crippen molar-refractivity contribution in [2.24, 2.45) is 0 Å². The van der Waals surface area contributed by atoms with E-state index in [2.05, 4.69) is 9.88 Å². The van der Waals surface area contributed by atoms with Crippen LogP contribution in [-0.4, -0.2) is 79.3 Å². The first-order valence-corrected chi connectivity index (χ1v) is 8.74. The van der Waals surface area contributed by atoms with Crippen molar-refractivity contribution < 1.29 is 18.7 Å². The molecule has 1 aromatic heterocycles. The fourth-order valence-corrected chi connectivity index (χ4v) is 3.55. The van der Waals surface area contributed by atoms with E-state index in [-0.39, 0.29) is 18.4 Å². The summed E-state index contributed by atoms with van der Waals surface area (Å²) in [7, 11) is 4.06. The number of hydrogen-bond acceptors (Lipinski definition) is 5. The number of carbonyl (C=O) groups excluding carboxylic acids is 1. The Morgan fingerprint density at radius 2 is 2.32 bits per heavy atom. The number of rotatable bonds is 4. The van der Waals surface area contributed by atoms with Gasteiger partial charge in [0.1, 0.15) is 11.4 Å². The molecule has 7 heteroatoms. The quantitative estimate of drug-likeness (QED) is 0.813. The second kappa shape index (κ2) is 7.76. The molecule has 0 bridgehead atoms. The van der Waals surface area contributed by atoms with Gasteiger partial charge < -0.3 is 19.3 Å². The summed E-state index contributed by atoms with van der Waals surface area (Å²) in [5.41, 5.74) is 0.159. The largest absolute Gasteiger partial charge is 0.377 e. The lowest BCUT2D eigenvalue weighted by molar-refractivity contribution is -0.135. The molecule has 1 spiro atoms. The van der Waals surface area contributed by atoms with Gasteiger partial charge in [-0.3, -0.25) is 9.78 Å². The summed E-state index contributed by atoms with van der Waals surface area (Å²) in [5.74, 6) is -0.423. The third kappa shape index (κ3) is 4.74. The van der Waals surface area contributed by atoms with Crippen molar-refractivity contribution in [2.45, 2.75) is 31.0 Å². The van der Waals surface area contributed by atoms with E-state index in [4.69, 9.17) is 9.47 Å². The molecule has 1 amide bonds. The Labute approximate surface area is 147 Å². The van der Waals surface area contributed by atoms with Crippen molar-refractivity contribution in [3.05, 3.63) is 29.8 Å². The average molecular weight is 351 g/mol. The van der Waals surface area contributed by atoms with E-state index < -0.39 is 11.4 Å². The lowest BCUT2D eigenvalue weighted by atomic mass is 10.00. The van der Waals surface area contributed by atoms with Gasteiger partial charge in [0.25, 0.3) is 0 Å². The SMILES string of the molecule is CN(C)CC1CC[C@]2(COCCN(C(=O)Cc3ccc(F)cn3)C2)O1. The fraction of sp³-hybridized carbons (Fsp3) is 0.667. The molecular weight excluding hydrogens is 325 g/mol. The Bertz CT molecular complexity index is 596. The highest BCUT2D eigenvalue weighted by molar-refractivity contribution is 5.78. The first-order valence-electron chi connectivity index (χ1n) is 8.74. The van der Waals surface area contributed by atoms with Gasteiger partial charge in [-0.1, -0.05) is 0 Å². The normalized spacial score (nSPS) is 27.0. The number of ether oxygens (including phenoxy) is 2. The third-order valence-corrected chi connectivity index (χ3v) is 4.73. The summed E-state index contributed by atoms with van der Waals surface area (Å²) >= 11 is 0. The van der Waals surface area contributed by atoms with E-state index in [1.165, 1.54) is 6.07 Å². The zero-order valence-electron chi connectivity index (χ0n) is 14.9. The Kier molecular flexibility index (Phi) is 5.66. The molecule has 2 fully saturated rings. The van der Waals surface area contributed by atoms with E-state index in [9.17, 15) is 9.18 Å². The molecule has 2 atom stereocenters. The Hall–Kier alpha value is -1.57. The first kappa shape index (κ1) is 18.2. The van der Waals surface area contributed by atoms with Gasteiger partial charge in [-0.25, -0.2) is 4.39 Å².